The molecule has 0 bridgehead atoms. The first-order chi connectivity index (χ1) is 26.5. The summed E-state index contributed by atoms with van der Waals surface area (Å²) < 4.78 is 4.97. The van der Waals surface area contributed by atoms with E-state index in [9.17, 15) is 0 Å². The Bertz CT molecular complexity index is 3050. The first-order valence-electron chi connectivity index (χ1n) is 18.5. The Labute approximate surface area is 318 Å². The fourth-order valence-corrected chi connectivity index (χ4v) is 9.45. The third kappa shape index (κ3) is 5.27. The van der Waals surface area contributed by atoms with Crippen LogP contribution >= 0.6 is 11.3 Å². The summed E-state index contributed by atoms with van der Waals surface area (Å²) in [7, 11) is 2.06. The number of benzene rings is 8. The van der Waals surface area contributed by atoms with Crippen LogP contribution in [0.15, 0.2) is 175 Å². The van der Waals surface area contributed by atoms with Crippen molar-refractivity contribution in [3.05, 3.63) is 187 Å². The van der Waals surface area contributed by atoms with E-state index >= 15 is 0 Å². The minimum Gasteiger partial charge on any atom is -0.340 e. The van der Waals surface area contributed by atoms with Crippen LogP contribution in [0.4, 0.5) is 0 Å². The molecule has 0 saturated carbocycles. The van der Waals surface area contributed by atoms with Gasteiger partial charge < -0.3 is 15.2 Å². The van der Waals surface area contributed by atoms with Crippen molar-refractivity contribution >= 4 is 80.7 Å². The Morgan fingerprint density at radius 2 is 1.22 bits per heavy atom. The summed E-state index contributed by atoms with van der Waals surface area (Å²) in [5.41, 5.74) is 13.8. The topological polar surface area (TPSA) is 46.5 Å². The lowest BCUT2D eigenvalue weighted by Gasteiger charge is -2.29. The third-order valence-corrected chi connectivity index (χ3v) is 12.1. The number of aliphatic imine (C=N–C) groups is 1. The maximum Gasteiger partial charge on any atom is 0.132 e. The number of para-hydroxylation sites is 1. The molecule has 2 N–H and O–H groups in total. The van der Waals surface area contributed by atoms with Crippen LogP contribution in [0.1, 0.15) is 35.8 Å². The standard InChI is InChI=1S/C49H38N4S/c1-31(32-15-5-3-6-16-32)51-49(52(2)48(50)33-17-7-4-8-18-33)37-25-26-40-45(30-37)54-47-44(29-36-21-11-12-22-38(36)46(40)47)53-42-24-14-13-23-39(42)41-27-34-19-9-10-20-35(34)28-43(41)53/h3-31,48H,50H2,1-2H3/b51-49-. The van der Waals surface area contributed by atoms with E-state index in [0.29, 0.717) is 0 Å². The lowest BCUT2D eigenvalue weighted by molar-refractivity contribution is 0.383. The summed E-state index contributed by atoms with van der Waals surface area (Å²) in [4.78, 5) is 7.51. The van der Waals surface area contributed by atoms with Gasteiger partial charge in [-0.2, -0.15) is 0 Å². The van der Waals surface area contributed by atoms with Gasteiger partial charge in [0, 0.05) is 38.9 Å². The molecule has 0 saturated heterocycles. The van der Waals surface area contributed by atoms with E-state index in [4.69, 9.17) is 10.7 Å². The Morgan fingerprint density at radius 1 is 0.593 bits per heavy atom. The highest BCUT2D eigenvalue weighted by atomic mass is 32.1. The van der Waals surface area contributed by atoms with Gasteiger partial charge in [0.2, 0.25) is 0 Å². The molecule has 0 aliphatic rings. The quantitative estimate of drug-likeness (QED) is 0.106. The molecule has 2 aromatic heterocycles. The number of hydrogen-bond donors (Lipinski definition) is 1. The molecule has 0 spiro atoms. The summed E-state index contributed by atoms with van der Waals surface area (Å²) in [6.45, 7) is 2.16. The van der Waals surface area contributed by atoms with E-state index in [1.54, 1.807) is 0 Å². The third-order valence-electron chi connectivity index (χ3n) is 11.0. The largest absolute Gasteiger partial charge is 0.340 e. The number of fused-ring (bicyclic) bond motifs is 9. The first-order valence-corrected chi connectivity index (χ1v) is 19.3. The highest BCUT2D eigenvalue weighted by molar-refractivity contribution is 7.26. The zero-order valence-corrected chi connectivity index (χ0v) is 31.0. The minimum atomic E-state index is -0.368. The molecule has 0 aliphatic heterocycles. The Kier molecular flexibility index (Phi) is 7.79. The van der Waals surface area contributed by atoms with Crippen molar-refractivity contribution < 1.29 is 0 Å². The number of rotatable bonds is 6. The van der Waals surface area contributed by atoms with Crippen LogP contribution in [-0.2, 0) is 0 Å². The summed E-state index contributed by atoms with van der Waals surface area (Å²) in [5, 5.41) is 10.0. The Balaban J connectivity index is 1.22. The predicted molar refractivity (Wildman–Crippen MR) is 231 cm³/mol. The lowest BCUT2D eigenvalue weighted by atomic mass is 10.0. The molecule has 2 heterocycles. The van der Waals surface area contributed by atoms with E-state index in [2.05, 4.69) is 169 Å². The van der Waals surface area contributed by atoms with Gasteiger partial charge in [-0.3, -0.25) is 4.99 Å². The van der Waals surface area contributed by atoms with Crippen LogP contribution in [0.3, 0.4) is 0 Å². The molecule has 2 atom stereocenters. The number of hydrogen-bond acceptors (Lipinski definition) is 3. The zero-order valence-electron chi connectivity index (χ0n) is 30.1. The van der Waals surface area contributed by atoms with Crippen molar-refractivity contribution in [2.45, 2.75) is 19.1 Å². The minimum absolute atomic E-state index is 0.0633. The molecule has 10 aromatic rings. The molecule has 0 amide bonds. The number of nitrogens with zero attached hydrogens (tertiary/aromatic N) is 3. The second kappa shape index (κ2) is 13.0. The molecule has 0 aliphatic carbocycles. The van der Waals surface area contributed by atoms with E-state index in [-0.39, 0.29) is 12.2 Å². The number of aromatic nitrogens is 1. The first kappa shape index (κ1) is 32.4. The van der Waals surface area contributed by atoms with Crippen molar-refractivity contribution in [1.29, 1.82) is 0 Å². The average Bonchev–Trinajstić information content (AvgIpc) is 3.77. The summed E-state index contributed by atoms with van der Waals surface area (Å²) >= 11 is 1.86. The Morgan fingerprint density at radius 3 is 1.98 bits per heavy atom. The maximum atomic E-state index is 6.97. The molecule has 0 fully saturated rings. The van der Waals surface area contributed by atoms with E-state index in [1.165, 1.54) is 69.2 Å². The normalized spacial score (nSPS) is 13.4. The van der Waals surface area contributed by atoms with E-state index < -0.39 is 0 Å². The molecule has 54 heavy (non-hydrogen) atoms. The van der Waals surface area contributed by atoms with Crippen molar-refractivity contribution in [1.82, 2.24) is 9.47 Å². The van der Waals surface area contributed by atoms with Crippen molar-refractivity contribution in [3.8, 4) is 5.69 Å². The van der Waals surface area contributed by atoms with Gasteiger partial charge in [0.15, 0.2) is 0 Å². The maximum absolute atomic E-state index is 6.97. The lowest BCUT2D eigenvalue weighted by Crippen LogP contribution is -2.37. The highest BCUT2D eigenvalue weighted by Crippen LogP contribution is 2.45. The van der Waals surface area contributed by atoms with Crippen LogP contribution in [0.2, 0.25) is 0 Å². The van der Waals surface area contributed by atoms with Crippen LogP contribution in [0.25, 0.3) is 69.2 Å². The Hall–Kier alpha value is -6.27. The van der Waals surface area contributed by atoms with Crippen LogP contribution < -0.4 is 5.73 Å². The smallest absolute Gasteiger partial charge is 0.132 e. The van der Waals surface area contributed by atoms with E-state index in [1.807, 2.05) is 35.6 Å². The van der Waals surface area contributed by atoms with Crippen molar-refractivity contribution in [3.63, 3.8) is 0 Å². The van der Waals surface area contributed by atoms with Crippen LogP contribution in [0.5, 0.6) is 0 Å². The predicted octanol–water partition coefficient (Wildman–Crippen LogP) is 12.6. The summed E-state index contributed by atoms with van der Waals surface area (Å²) in [6.07, 6.45) is -0.368. The van der Waals surface area contributed by atoms with Gasteiger partial charge in [-0.05, 0) is 69.9 Å². The van der Waals surface area contributed by atoms with Crippen molar-refractivity contribution in [2.75, 3.05) is 7.05 Å². The fraction of sp³-hybridized carbons (Fsp3) is 0.0816. The van der Waals surface area contributed by atoms with Gasteiger partial charge in [-0.25, -0.2) is 0 Å². The summed E-state index contributed by atoms with van der Waals surface area (Å²) in [6, 6.07) is 60.9. The highest BCUT2D eigenvalue weighted by Gasteiger charge is 2.23. The van der Waals surface area contributed by atoms with Gasteiger partial charge in [0.05, 0.1) is 27.5 Å². The van der Waals surface area contributed by atoms with Gasteiger partial charge in [-0.1, -0.05) is 140 Å². The van der Waals surface area contributed by atoms with Gasteiger partial charge in [0.25, 0.3) is 0 Å². The van der Waals surface area contributed by atoms with Crippen molar-refractivity contribution in [2.24, 2.45) is 10.7 Å². The molecular weight excluding hydrogens is 677 g/mol. The second-order valence-electron chi connectivity index (χ2n) is 14.2. The van der Waals surface area contributed by atoms with Gasteiger partial charge in [-0.15, -0.1) is 11.3 Å². The molecular formula is C49H38N4S. The average molecular weight is 715 g/mol. The SMILES string of the molecule is CC(/N=C(/c1ccc2c(c1)sc1c(-n3c4ccccc4c4cc5ccccc5cc43)cc3ccccc3c12)N(C)C(N)c1ccccc1)c1ccccc1. The molecule has 2 unspecified atom stereocenters. The fourth-order valence-electron chi connectivity index (χ4n) is 8.19. The molecule has 10 rings (SSSR count). The van der Waals surface area contributed by atoms with E-state index in [0.717, 1.165) is 22.5 Å². The van der Waals surface area contributed by atoms with Crippen LogP contribution in [0, 0.1) is 0 Å². The molecule has 0 radical (unpaired) electrons. The number of thiophene rings is 1. The summed E-state index contributed by atoms with van der Waals surface area (Å²) in [5.74, 6) is 0.862. The second-order valence-corrected chi connectivity index (χ2v) is 15.3. The monoisotopic (exact) mass is 714 g/mol. The van der Waals surface area contributed by atoms with Gasteiger partial charge in [0.1, 0.15) is 12.0 Å². The van der Waals surface area contributed by atoms with Gasteiger partial charge >= 0.3 is 0 Å². The molecule has 260 valence electrons. The molecule has 5 heteroatoms. The molecule has 8 aromatic carbocycles. The number of amidine groups is 1. The molecule has 4 nitrogen and oxygen atoms in total. The number of nitrogens with two attached hydrogens (primary N) is 1. The van der Waals surface area contributed by atoms with Crippen LogP contribution in [-0.4, -0.2) is 22.4 Å². The zero-order chi connectivity index (χ0) is 36.3.